The number of hydrogen-bond acceptors (Lipinski definition) is 3. The van der Waals surface area contributed by atoms with Gasteiger partial charge in [-0.3, -0.25) is 9.20 Å². The van der Waals surface area contributed by atoms with E-state index < -0.39 is 0 Å². The van der Waals surface area contributed by atoms with Crippen molar-refractivity contribution in [2.75, 3.05) is 0 Å². The number of hydrogen-bond donors (Lipinski definition) is 1. The lowest BCUT2D eigenvalue weighted by molar-refractivity contribution is -0.121. The normalized spacial score (nSPS) is 15.3. The van der Waals surface area contributed by atoms with Gasteiger partial charge in [0.05, 0.1) is 5.69 Å². The molecule has 2 heterocycles. The molecule has 0 radical (unpaired) electrons. The van der Waals surface area contributed by atoms with Gasteiger partial charge in [0.2, 0.25) is 5.91 Å². The molecule has 1 amide bonds. The Bertz CT molecular complexity index is 879. The van der Waals surface area contributed by atoms with Crippen LogP contribution < -0.4 is 5.32 Å². The highest BCUT2D eigenvalue weighted by Crippen LogP contribution is 2.40. The Labute approximate surface area is 158 Å². The zero-order valence-corrected chi connectivity index (χ0v) is 16.0. The van der Waals surface area contributed by atoms with Gasteiger partial charge in [-0.05, 0) is 44.6 Å². The van der Waals surface area contributed by atoms with E-state index in [0.29, 0.717) is 12.3 Å². The summed E-state index contributed by atoms with van der Waals surface area (Å²) in [7, 11) is 0. The number of nitrogens with one attached hydrogen (secondary N) is 1. The third kappa shape index (κ3) is 4.15. The van der Waals surface area contributed by atoms with Crippen LogP contribution >= 0.6 is 11.3 Å². The van der Waals surface area contributed by atoms with Gasteiger partial charge < -0.3 is 5.32 Å². The van der Waals surface area contributed by atoms with Crippen LogP contribution in [0.2, 0.25) is 0 Å². The molecule has 1 aliphatic rings. The Kier molecular flexibility index (Phi) is 5.07. The van der Waals surface area contributed by atoms with E-state index in [1.54, 1.807) is 11.3 Å². The number of carbonyl (C=O) groups excluding carboxylic acids is 1. The summed E-state index contributed by atoms with van der Waals surface area (Å²) in [4.78, 5) is 18.0. The topological polar surface area (TPSA) is 46.4 Å². The Hall–Kier alpha value is -2.14. The van der Waals surface area contributed by atoms with E-state index in [9.17, 15) is 4.79 Å². The van der Waals surface area contributed by atoms with E-state index in [0.717, 1.165) is 24.2 Å². The van der Waals surface area contributed by atoms with Crippen LogP contribution in [0.4, 0.5) is 0 Å². The number of rotatable bonds is 8. The van der Waals surface area contributed by atoms with E-state index in [1.807, 2.05) is 6.07 Å². The van der Waals surface area contributed by atoms with Crippen molar-refractivity contribution < 1.29 is 4.79 Å². The number of nitrogens with zero attached hydrogens (tertiary/aromatic N) is 2. The van der Waals surface area contributed by atoms with E-state index >= 15 is 0 Å². The highest BCUT2D eigenvalue weighted by Gasteiger charge is 2.26. The van der Waals surface area contributed by atoms with Crippen molar-refractivity contribution in [3.8, 4) is 0 Å². The van der Waals surface area contributed by atoms with Crippen molar-refractivity contribution >= 4 is 22.2 Å². The van der Waals surface area contributed by atoms with Crippen LogP contribution in [0.3, 0.4) is 0 Å². The van der Waals surface area contributed by atoms with E-state index in [-0.39, 0.29) is 11.9 Å². The summed E-state index contributed by atoms with van der Waals surface area (Å²) in [6.45, 7) is 2.08. The van der Waals surface area contributed by atoms with Crippen LogP contribution in [0.25, 0.3) is 4.96 Å². The Balaban J connectivity index is 1.25. The number of carbonyl (C=O) groups is 1. The maximum atomic E-state index is 12.3. The first kappa shape index (κ1) is 17.3. The second-order valence-electron chi connectivity index (χ2n) is 7.31. The quantitative estimate of drug-likeness (QED) is 0.644. The number of imidazole rings is 1. The molecule has 3 aromatic rings. The molecule has 1 saturated carbocycles. The van der Waals surface area contributed by atoms with Crippen LogP contribution in [0, 0.1) is 0 Å². The molecule has 5 heteroatoms. The molecule has 0 aliphatic heterocycles. The van der Waals surface area contributed by atoms with Crippen LogP contribution in [-0.2, 0) is 17.6 Å². The second kappa shape index (κ2) is 7.62. The molecule has 0 bridgehead atoms. The lowest BCUT2D eigenvalue weighted by Gasteiger charge is -2.13. The maximum absolute atomic E-state index is 12.3. The standard InChI is InChI=1S/C21H25N3OS/c1-15(7-8-16-5-3-2-4-6-16)22-20(25)12-11-18-14-26-21-23-19(13-24(18)21)17-9-10-17/h2-6,13-15,17H,7-12H2,1H3,(H,22,25). The van der Waals surface area contributed by atoms with Crippen LogP contribution in [0.1, 0.15) is 55.5 Å². The van der Waals surface area contributed by atoms with Crippen molar-refractivity contribution in [1.29, 1.82) is 0 Å². The highest BCUT2D eigenvalue weighted by atomic mass is 32.1. The third-order valence-corrected chi connectivity index (χ3v) is 5.91. The van der Waals surface area contributed by atoms with Gasteiger partial charge in [0, 0.05) is 35.7 Å². The molecule has 2 aromatic heterocycles. The lowest BCUT2D eigenvalue weighted by atomic mass is 10.1. The molecule has 1 unspecified atom stereocenters. The van der Waals surface area contributed by atoms with Crippen molar-refractivity contribution in [2.24, 2.45) is 0 Å². The van der Waals surface area contributed by atoms with Gasteiger partial charge in [0.25, 0.3) is 0 Å². The van der Waals surface area contributed by atoms with Gasteiger partial charge in [-0.2, -0.15) is 0 Å². The molecular weight excluding hydrogens is 342 g/mol. The molecule has 1 aromatic carbocycles. The maximum Gasteiger partial charge on any atom is 0.220 e. The minimum atomic E-state index is 0.132. The molecule has 1 atom stereocenters. The van der Waals surface area contributed by atoms with E-state index in [4.69, 9.17) is 4.98 Å². The molecule has 1 fully saturated rings. The number of aromatic nitrogens is 2. The third-order valence-electron chi connectivity index (χ3n) is 5.02. The van der Waals surface area contributed by atoms with Gasteiger partial charge in [0.15, 0.2) is 4.96 Å². The number of aryl methyl sites for hydroxylation is 2. The molecule has 26 heavy (non-hydrogen) atoms. The minimum absolute atomic E-state index is 0.132. The summed E-state index contributed by atoms with van der Waals surface area (Å²) in [6.07, 6.45) is 7.94. The molecule has 0 saturated heterocycles. The first-order valence-corrected chi connectivity index (χ1v) is 10.4. The predicted octanol–water partition coefficient (Wildman–Crippen LogP) is 4.34. The molecule has 1 N–H and O–H groups in total. The van der Waals surface area contributed by atoms with Crippen LogP contribution in [0.15, 0.2) is 41.9 Å². The first-order chi connectivity index (χ1) is 12.7. The van der Waals surface area contributed by atoms with Crippen molar-refractivity contribution in [1.82, 2.24) is 14.7 Å². The molecule has 0 spiro atoms. The predicted molar refractivity (Wildman–Crippen MR) is 106 cm³/mol. The zero-order chi connectivity index (χ0) is 17.9. The summed E-state index contributed by atoms with van der Waals surface area (Å²) >= 11 is 1.67. The number of fused-ring (bicyclic) bond motifs is 1. The van der Waals surface area contributed by atoms with E-state index in [1.165, 1.54) is 29.8 Å². The average molecular weight is 368 g/mol. The Morgan fingerprint density at radius 2 is 2.12 bits per heavy atom. The van der Waals surface area contributed by atoms with E-state index in [2.05, 4.69) is 52.5 Å². The Morgan fingerprint density at radius 3 is 2.88 bits per heavy atom. The largest absolute Gasteiger partial charge is 0.354 e. The number of benzene rings is 1. The molecule has 136 valence electrons. The highest BCUT2D eigenvalue weighted by molar-refractivity contribution is 7.15. The smallest absolute Gasteiger partial charge is 0.220 e. The molecule has 4 rings (SSSR count). The first-order valence-electron chi connectivity index (χ1n) is 9.47. The Morgan fingerprint density at radius 1 is 1.31 bits per heavy atom. The summed E-state index contributed by atoms with van der Waals surface area (Å²) in [6, 6.07) is 10.6. The van der Waals surface area contributed by atoms with Crippen molar-refractivity contribution in [2.45, 2.75) is 57.4 Å². The van der Waals surface area contributed by atoms with Gasteiger partial charge in [-0.15, -0.1) is 11.3 Å². The zero-order valence-electron chi connectivity index (χ0n) is 15.1. The summed E-state index contributed by atoms with van der Waals surface area (Å²) in [5, 5.41) is 5.26. The van der Waals surface area contributed by atoms with Crippen LogP contribution in [-0.4, -0.2) is 21.3 Å². The monoisotopic (exact) mass is 367 g/mol. The number of thiazole rings is 1. The summed E-state index contributed by atoms with van der Waals surface area (Å²) in [5.74, 6) is 0.802. The fourth-order valence-electron chi connectivity index (χ4n) is 3.29. The van der Waals surface area contributed by atoms with Gasteiger partial charge in [-0.1, -0.05) is 30.3 Å². The fraction of sp³-hybridized carbons (Fsp3) is 0.429. The SMILES string of the molecule is CC(CCc1ccccc1)NC(=O)CCc1csc2nc(C3CC3)cn12. The minimum Gasteiger partial charge on any atom is -0.354 e. The van der Waals surface area contributed by atoms with Gasteiger partial charge in [0.1, 0.15) is 0 Å². The van der Waals surface area contributed by atoms with Gasteiger partial charge >= 0.3 is 0 Å². The lowest BCUT2D eigenvalue weighted by Crippen LogP contribution is -2.33. The average Bonchev–Trinajstić information content (AvgIpc) is 3.30. The second-order valence-corrected chi connectivity index (χ2v) is 8.15. The van der Waals surface area contributed by atoms with Crippen molar-refractivity contribution in [3.05, 3.63) is 58.9 Å². The number of amides is 1. The summed E-state index contributed by atoms with van der Waals surface area (Å²) in [5.41, 5.74) is 3.73. The fourth-order valence-corrected chi connectivity index (χ4v) is 4.21. The molecule has 1 aliphatic carbocycles. The van der Waals surface area contributed by atoms with Gasteiger partial charge in [-0.25, -0.2) is 4.98 Å². The molecule has 4 nitrogen and oxygen atoms in total. The van der Waals surface area contributed by atoms with Crippen molar-refractivity contribution in [3.63, 3.8) is 0 Å². The summed E-state index contributed by atoms with van der Waals surface area (Å²) < 4.78 is 2.17. The van der Waals surface area contributed by atoms with Crippen LogP contribution in [0.5, 0.6) is 0 Å². The molecular formula is C21H25N3OS.